The van der Waals surface area contributed by atoms with Crippen molar-refractivity contribution in [1.29, 1.82) is 0 Å². The molecule has 0 radical (unpaired) electrons. The second kappa shape index (κ2) is 4.75. The summed E-state index contributed by atoms with van der Waals surface area (Å²) in [5.41, 5.74) is 0.935. The third kappa shape index (κ3) is 2.97. The van der Waals surface area contributed by atoms with Crippen LogP contribution in [0.1, 0.15) is 30.0 Å². The van der Waals surface area contributed by atoms with Crippen molar-refractivity contribution < 1.29 is 19.7 Å². The molecule has 1 rings (SSSR count). The van der Waals surface area contributed by atoms with E-state index in [9.17, 15) is 9.90 Å². The summed E-state index contributed by atoms with van der Waals surface area (Å²) in [6, 6.07) is 3.69. The number of carboxylic acid groups (broad SMARTS) is 1. The highest BCUT2D eigenvalue weighted by molar-refractivity contribution is 5.69. The third-order valence-corrected chi connectivity index (χ3v) is 2.70. The molecule has 2 N–H and O–H groups in total. The van der Waals surface area contributed by atoms with Crippen molar-refractivity contribution in [3.63, 3.8) is 0 Å². The smallest absolute Gasteiger partial charge is 0.306 e. The Hall–Kier alpha value is -1.55. The molecule has 0 aliphatic heterocycles. The van der Waals surface area contributed by atoms with Gasteiger partial charge in [-0.15, -0.1) is 0 Å². The summed E-state index contributed by atoms with van der Waals surface area (Å²) >= 11 is 0. The van der Waals surface area contributed by atoms with E-state index in [1.807, 2.05) is 19.9 Å². The monoisotopic (exact) mass is 238 g/mol. The molecule has 17 heavy (non-hydrogen) atoms. The Morgan fingerprint density at radius 3 is 2.47 bits per heavy atom. The van der Waals surface area contributed by atoms with Gasteiger partial charge >= 0.3 is 5.97 Å². The van der Waals surface area contributed by atoms with Crippen LogP contribution in [0.4, 0.5) is 0 Å². The summed E-state index contributed by atoms with van der Waals surface area (Å²) in [4.78, 5) is 10.8. The average molecular weight is 238 g/mol. The molecule has 1 unspecified atom stereocenters. The molecule has 1 aromatic rings. The molecule has 0 aliphatic carbocycles. The predicted octanol–water partition coefficient (Wildman–Crippen LogP) is 1.99. The number of carboxylic acids is 1. The standard InChI is InChI=1S/C13H18O4/c1-8-5-9(2)12(10(6-8)17-4)13(3,16)7-11(14)15/h5-6,16H,7H2,1-4H3,(H,14,15). The van der Waals surface area contributed by atoms with Crippen LogP contribution in [-0.4, -0.2) is 23.3 Å². The number of ether oxygens (including phenoxy) is 1. The lowest BCUT2D eigenvalue weighted by atomic mass is 9.87. The second-order valence-corrected chi connectivity index (χ2v) is 4.50. The first-order chi connectivity index (χ1) is 7.77. The minimum atomic E-state index is -1.44. The van der Waals surface area contributed by atoms with Crippen LogP contribution in [0.2, 0.25) is 0 Å². The normalized spacial score (nSPS) is 14.2. The average Bonchev–Trinajstić information content (AvgIpc) is 2.13. The molecule has 0 heterocycles. The Kier molecular flexibility index (Phi) is 3.78. The van der Waals surface area contributed by atoms with Crippen molar-refractivity contribution in [1.82, 2.24) is 0 Å². The molecular weight excluding hydrogens is 220 g/mol. The predicted molar refractivity (Wildman–Crippen MR) is 64.3 cm³/mol. The number of hydrogen-bond acceptors (Lipinski definition) is 3. The largest absolute Gasteiger partial charge is 0.496 e. The number of methoxy groups -OCH3 is 1. The van der Waals surface area contributed by atoms with Crippen LogP contribution in [0.3, 0.4) is 0 Å². The maximum Gasteiger partial charge on any atom is 0.306 e. The van der Waals surface area contributed by atoms with E-state index in [1.165, 1.54) is 14.0 Å². The Labute approximate surface area is 101 Å². The van der Waals surface area contributed by atoms with Gasteiger partial charge in [-0.2, -0.15) is 0 Å². The molecule has 0 saturated carbocycles. The summed E-state index contributed by atoms with van der Waals surface area (Å²) in [6.07, 6.45) is -0.354. The van der Waals surface area contributed by atoms with Crippen molar-refractivity contribution in [3.05, 3.63) is 28.8 Å². The van der Waals surface area contributed by atoms with Gasteiger partial charge in [-0.05, 0) is 38.0 Å². The number of hydrogen-bond donors (Lipinski definition) is 2. The first-order valence-corrected chi connectivity index (χ1v) is 5.38. The Morgan fingerprint density at radius 1 is 1.41 bits per heavy atom. The van der Waals surface area contributed by atoms with E-state index in [0.29, 0.717) is 11.3 Å². The molecule has 0 bridgehead atoms. The van der Waals surface area contributed by atoms with Gasteiger partial charge in [-0.25, -0.2) is 0 Å². The van der Waals surface area contributed by atoms with Crippen molar-refractivity contribution in [2.45, 2.75) is 32.8 Å². The molecule has 1 atom stereocenters. The van der Waals surface area contributed by atoms with Crippen molar-refractivity contribution in [3.8, 4) is 5.75 Å². The number of carbonyl (C=O) groups is 1. The Balaban J connectivity index is 3.33. The lowest BCUT2D eigenvalue weighted by Gasteiger charge is -2.26. The zero-order valence-corrected chi connectivity index (χ0v) is 10.6. The minimum absolute atomic E-state index is 0.354. The van der Waals surface area contributed by atoms with E-state index in [2.05, 4.69) is 0 Å². The van der Waals surface area contributed by atoms with E-state index in [1.54, 1.807) is 6.07 Å². The molecule has 0 saturated heterocycles. The number of aryl methyl sites for hydroxylation is 2. The SMILES string of the molecule is COc1cc(C)cc(C)c1C(C)(O)CC(=O)O. The first kappa shape index (κ1) is 13.5. The van der Waals surface area contributed by atoms with Crippen LogP contribution in [0.5, 0.6) is 5.75 Å². The highest BCUT2D eigenvalue weighted by Crippen LogP contribution is 2.35. The van der Waals surface area contributed by atoms with Crippen LogP contribution in [0.25, 0.3) is 0 Å². The third-order valence-electron chi connectivity index (χ3n) is 2.70. The highest BCUT2D eigenvalue weighted by Gasteiger charge is 2.31. The number of rotatable bonds is 4. The zero-order chi connectivity index (χ0) is 13.2. The lowest BCUT2D eigenvalue weighted by Crippen LogP contribution is -2.27. The summed E-state index contributed by atoms with van der Waals surface area (Å²) in [7, 11) is 1.51. The molecule has 0 aromatic heterocycles. The van der Waals surface area contributed by atoms with Crippen LogP contribution in [0, 0.1) is 13.8 Å². The molecule has 4 heteroatoms. The molecule has 0 spiro atoms. The van der Waals surface area contributed by atoms with Crippen LogP contribution < -0.4 is 4.74 Å². The molecule has 0 fully saturated rings. The van der Waals surface area contributed by atoms with Crippen molar-refractivity contribution in [2.75, 3.05) is 7.11 Å². The maximum absolute atomic E-state index is 10.8. The number of aliphatic carboxylic acids is 1. The van der Waals surface area contributed by atoms with Gasteiger partial charge in [0.05, 0.1) is 13.5 Å². The van der Waals surface area contributed by atoms with Gasteiger partial charge in [0.25, 0.3) is 0 Å². The molecule has 1 aromatic carbocycles. The van der Waals surface area contributed by atoms with E-state index in [0.717, 1.165) is 11.1 Å². The summed E-state index contributed by atoms with van der Waals surface area (Å²) in [6.45, 7) is 5.24. The van der Waals surface area contributed by atoms with Gasteiger partial charge in [0.2, 0.25) is 0 Å². The highest BCUT2D eigenvalue weighted by atomic mass is 16.5. The van der Waals surface area contributed by atoms with Gasteiger partial charge in [-0.3, -0.25) is 4.79 Å². The number of aliphatic hydroxyl groups is 1. The molecule has 94 valence electrons. The fourth-order valence-corrected chi connectivity index (χ4v) is 2.16. The quantitative estimate of drug-likeness (QED) is 0.841. The van der Waals surface area contributed by atoms with E-state index < -0.39 is 11.6 Å². The van der Waals surface area contributed by atoms with Crippen LogP contribution in [-0.2, 0) is 10.4 Å². The van der Waals surface area contributed by atoms with E-state index in [4.69, 9.17) is 9.84 Å². The molecule has 4 nitrogen and oxygen atoms in total. The fraction of sp³-hybridized carbons (Fsp3) is 0.462. The van der Waals surface area contributed by atoms with E-state index in [-0.39, 0.29) is 6.42 Å². The van der Waals surface area contributed by atoms with E-state index >= 15 is 0 Å². The summed E-state index contributed by atoms with van der Waals surface area (Å²) in [5, 5.41) is 19.1. The van der Waals surface area contributed by atoms with Crippen LogP contribution >= 0.6 is 0 Å². The fourth-order valence-electron chi connectivity index (χ4n) is 2.16. The topological polar surface area (TPSA) is 66.8 Å². The second-order valence-electron chi connectivity index (χ2n) is 4.50. The van der Waals surface area contributed by atoms with Gasteiger partial charge in [0.1, 0.15) is 11.4 Å². The van der Waals surface area contributed by atoms with Crippen molar-refractivity contribution in [2.24, 2.45) is 0 Å². The molecule has 0 amide bonds. The van der Waals surface area contributed by atoms with Gasteiger partial charge in [0, 0.05) is 5.56 Å². The summed E-state index contributed by atoms with van der Waals surface area (Å²) < 4.78 is 5.22. The first-order valence-electron chi connectivity index (χ1n) is 5.38. The minimum Gasteiger partial charge on any atom is -0.496 e. The van der Waals surface area contributed by atoms with Gasteiger partial charge in [0.15, 0.2) is 0 Å². The zero-order valence-electron chi connectivity index (χ0n) is 10.6. The molecule has 0 aliphatic rings. The van der Waals surface area contributed by atoms with Crippen LogP contribution in [0.15, 0.2) is 12.1 Å². The van der Waals surface area contributed by atoms with Gasteiger partial charge in [-0.1, -0.05) is 6.07 Å². The Bertz CT molecular complexity index is 435. The summed E-state index contributed by atoms with van der Waals surface area (Å²) in [5.74, 6) is -0.522. The maximum atomic E-state index is 10.8. The van der Waals surface area contributed by atoms with Crippen molar-refractivity contribution >= 4 is 5.97 Å². The Morgan fingerprint density at radius 2 is 2.00 bits per heavy atom. The lowest BCUT2D eigenvalue weighted by molar-refractivity contribution is -0.142. The number of benzene rings is 1. The molecular formula is C13H18O4. The van der Waals surface area contributed by atoms with Gasteiger partial charge < -0.3 is 14.9 Å².